The van der Waals surface area contributed by atoms with Gasteiger partial charge in [-0.3, -0.25) is 4.79 Å². The maximum Gasteiger partial charge on any atom is 0.342 e. The molecule has 27 heavy (non-hydrogen) atoms. The lowest BCUT2D eigenvalue weighted by Crippen LogP contribution is -2.33. The van der Waals surface area contributed by atoms with Crippen LogP contribution in [0.2, 0.25) is 0 Å². The first-order valence-electron chi connectivity index (χ1n) is 8.07. The van der Waals surface area contributed by atoms with Gasteiger partial charge in [-0.1, -0.05) is 18.2 Å². The third-order valence-electron chi connectivity index (χ3n) is 4.23. The molecule has 1 aliphatic heterocycles. The molecular weight excluding hydrogens is 372 g/mol. The highest BCUT2D eigenvalue weighted by atomic mass is 32.2. The highest BCUT2D eigenvalue weighted by Gasteiger charge is 2.26. The molecular formula is C18H18N2O6S. The zero-order valence-corrected chi connectivity index (χ0v) is 15.4. The largest absolute Gasteiger partial charge is 0.496 e. The second-order valence-corrected chi connectivity index (χ2v) is 7.47. The van der Waals surface area contributed by atoms with Gasteiger partial charge in [-0.2, -0.15) is 0 Å². The Kier molecular flexibility index (Phi) is 5.15. The van der Waals surface area contributed by atoms with E-state index < -0.39 is 22.6 Å². The molecule has 142 valence electrons. The number of primary sulfonamides is 1. The summed E-state index contributed by atoms with van der Waals surface area (Å²) in [6.07, 6.45) is 0.736. The Labute approximate surface area is 156 Å². The number of carbonyl (C=O) groups excluding carboxylic acids is 2. The normalized spacial score (nSPS) is 13.2. The number of carbonyl (C=O) groups is 2. The highest BCUT2D eigenvalue weighted by Crippen LogP contribution is 2.27. The number of ether oxygens (including phenoxy) is 2. The van der Waals surface area contributed by atoms with Gasteiger partial charge in [0.2, 0.25) is 10.0 Å². The van der Waals surface area contributed by atoms with Crippen LogP contribution in [0.5, 0.6) is 5.75 Å². The Bertz CT molecular complexity index is 1000. The number of nitrogens with two attached hydrogens (primary N) is 1. The maximum atomic E-state index is 12.4. The molecule has 0 spiro atoms. The van der Waals surface area contributed by atoms with E-state index in [1.807, 2.05) is 24.3 Å². The molecule has 2 aromatic carbocycles. The Morgan fingerprint density at radius 2 is 1.93 bits per heavy atom. The van der Waals surface area contributed by atoms with Crippen LogP contribution in [0.3, 0.4) is 0 Å². The first kappa shape index (κ1) is 18.9. The lowest BCUT2D eigenvalue weighted by molar-refractivity contribution is -0.121. The van der Waals surface area contributed by atoms with Crippen molar-refractivity contribution in [2.24, 2.45) is 5.14 Å². The molecule has 0 atom stereocenters. The van der Waals surface area contributed by atoms with Crippen molar-refractivity contribution in [2.75, 3.05) is 25.2 Å². The number of hydrogen-bond donors (Lipinski definition) is 1. The van der Waals surface area contributed by atoms with Crippen LogP contribution in [0.1, 0.15) is 15.9 Å². The number of amides is 1. The van der Waals surface area contributed by atoms with E-state index in [9.17, 15) is 18.0 Å². The van der Waals surface area contributed by atoms with E-state index >= 15 is 0 Å². The van der Waals surface area contributed by atoms with Crippen molar-refractivity contribution >= 4 is 27.6 Å². The Morgan fingerprint density at radius 3 is 2.63 bits per heavy atom. The van der Waals surface area contributed by atoms with Crippen molar-refractivity contribution in [1.82, 2.24) is 0 Å². The van der Waals surface area contributed by atoms with E-state index in [0.717, 1.165) is 23.7 Å². The summed E-state index contributed by atoms with van der Waals surface area (Å²) in [5, 5.41) is 5.09. The minimum atomic E-state index is -4.00. The van der Waals surface area contributed by atoms with Gasteiger partial charge in [-0.15, -0.1) is 0 Å². The number of nitrogens with zero attached hydrogens (tertiary/aromatic N) is 1. The number of para-hydroxylation sites is 1. The van der Waals surface area contributed by atoms with Gasteiger partial charge < -0.3 is 14.4 Å². The minimum Gasteiger partial charge on any atom is -0.496 e. The molecule has 0 aliphatic carbocycles. The molecule has 8 nitrogen and oxygen atoms in total. The monoisotopic (exact) mass is 390 g/mol. The van der Waals surface area contributed by atoms with Crippen molar-refractivity contribution in [3.05, 3.63) is 53.6 Å². The number of rotatable bonds is 5. The lowest BCUT2D eigenvalue weighted by Gasteiger charge is -2.17. The second kappa shape index (κ2) is 7.37. The number of anilines is 1. The van der Waals surface area contributed by atoms with Gasteiger partial charge >= 0.3 is 5.97 Å². The van der Waals surface area contributed by atoms with Gasteiger partial charge in [0.1, 0.15) is 11.3 Å². The standard InChI is InChI=1S/C18H18N2O6S/c1-25-16-7-6-13(27(19,23)24)10-14(16)18(22)26-11-17(21)20-9-8-12-4-2-3-5-15(12)20/h2-7,10H,8-9,11H2,1H3,(H2,19,23,24). The summed E-state index contributed by atoms with van der Waals surface area (Å²) in [6.45, 7) is 0.0376. The van der Waals surface area contributed by atoms with Crippen molar-refractivity contribution < 1.29 is 27.5 Å². The summed E-state index contributed by atoms with van der Waals surface area (Å²) >= 11 is 0. The topological polar surface area (TPSA) is 116 Å². The van der Waals surface area contributed by atoms with Gasteiger partial charge in [-0.25, -0.2) is 18.4 Å². The van der Waals surface area contributed by atoms with Gasteiger partial charge in [0.05, 0.1) is 12.0 Å². The number of sulfonamides is 1. The number of hydrogen-bond acceptors (Lipinski definition) is 6. The van der Waals surface area contributed by atoms with Gasteiger partial charge in [0.25, 0.3) is 5.91 Å². The zero-order valence-electron chi connectivity index (χ0n) is 14.5. The highest BCUT2D eigenvalue weighted by molar-refractivity contribution is 7.89. The van der Waals surface area contributed by atoms with Gasteiger partial charge in [-0.05, 0) is 36.2 Å². The van der Waals surface area contributed by atoms with Crippen LogP contribution in [0, 0.1) is 0 Å². The Morgan fingerprint density at radius 1 is 1.19 bits per heavy atom. The molecule has 1 heterocycles. The molecule has 0 unspecified atom stereocenters. The van der Waals surface area contributed by atoms with Crippen LogP contribution in [-0.4, -0.2) is 40.6 Å². The molecule has 1 aliphatic rings. The Hall–Kier alpha value is -2.91. The second-order valence-electron chi connectivity index (χ2n) is 5.91. The molecule has 0 bridgehead atoms. The summed E-state index contributed by atoms with van der Waals surface area (Å²) in [7, 11) is -2.67. The molecule has 0 saturated heterocycles. The van der Waals surface area contributed by atoms with E-state index in [1.165, 1.54) is 19.2 Å². The lowest BCUT2D eigenvalue weighted by atomic mass is 10.2. The first-order chi connectivity index (χ1) is 12.8. The van der Waals surface area contributed by atoms with Crippen LogP contribution in [0.25, 0.3) is 0 Å². The van der Waals surface area contributed by atoms with Crippen LogP contribution < -0.4 is 14.8 Å². The van der Waals surface area contributed by atoms with Crippen LogP contribution >= 0.6 is 0 Å². The third-order valence-corrected chi connectivity index (χ3v) is 5.15. The number of benzene rings is 2. The minimum absolute atomic E-state index is 0.117. The molecule has 1 amide bonds. The number of methoxy groups -OCH3 is 1. The zero-order chi connectivity index (χ0) is 19.6. The summed E-state index contributed by atoms with van der Waals surface area (Å²) in [6, 6.07) is 11.1. The average Bonchev–Trinajstić information content (AvgIpc) is 3.08. The predicted octanol–water partition coefficient (Wildman–Crippen LogP) is 1.09. The molecule has 2 N–H and O–H groups in total. The summed E-state index contributed by atoms with van der Waals surface area (Å²) in [5.41, 5.74) is 1.73. The van der Waals surface area contributed by atoms with Gasteiger partial charge in [0.15, 0.2) is 6.61 Å². The van der Waals surface area contributed by atoms with Crippen LogP contribution in [0.15, 0.2) is 47.4 Å². The van der Waals surface area contributed by atoms with E-state index in [4.69, 9.17) is 14.6 Å². The predicted molar refractivity (Wildman–Crippen MR) is 97.1 cm³/mol. The molecule has 3 rings (SSSR count). The molecule has 9 heteroatoms. The molecule has 2 aromatic rings. The molecule has 0 aromatic heterocycles. The van der Waals surface area contributed by atoms with Crippen molar-refractivity contribution in [2.45, 2.75) is 11.3 Å². The molecule has 0 saturated carbocycles. The Balaban J connectivity index is 1.74. The SMILES string of the molecule is COc1ccc(S(N)(=O)=O)cc1C(=O)OCC(=O)N1CCc2ccccc21. The molecule has 0 fully saturated rings. The van der Waals surface area contributed by atoms with Crippen molar-refractivity contribution in [1.29, 1.82) is 0 Å². The fourth-order valence-electron chi connectivity index (χ4n) is 2.90. The van der Waals surface area contributed by atoms with E-state index in [0.29, 0.717) is 6.54 Å². The number of esters is 1. The van der Waals surface area contributed by atoms with Crippen LogP contribution in [-0.2, 0) is 26.0 Å². The van der Waals surface area contributed by atoms with Crippen molar-refractivity contribution in [3.63, 3.8) is 0 Å². The molecule has 0 radical (unpaired) electrons. The third kappa shape index (κ3) is 3.93. The van der Waals surface area contributed by atoms with E-state index in [2.05, 4.69) is 0 Å². The van der Waals surface area contributed by atoms with Crippen LogP contribution in [0.4, 0.5) is 5.69 Å². The fourth-order valence-corrected chi connectivity index (χ4v) is 3.44. The number of fused-ring (bicyclic) bond motifs is 1. The first-order valence-corrected chi connectivity index (χ1v) is 9.62. The summed E-state index contributed by atoms with van der Waals surface area (Å²) in [4.78, 5) is 26.1. The smallest absolute Gasteiger partial charge is 0.342 e. The van der Waals surface area contributed by atoms with E-state index in [-0.39, 0.29) is 22.1 Å². The van der Waals surface area contributed by atoms with E-state index in [1.54, 1.807) is 4.90 Å². The quantitative estimate of drug-likeness (QED) is 0.764. The van der Waals surface area contributed by atoms with Crippen molar-refractivity contribution in [3.8, 4) is 5.75 Å². The summed E-state index contributed by atoms with van der Waals surface area (Å²) in [5.74, 6) is -1.13. The fraction of sp³-hybridized carbons (Fsp3) is 0.222. The average molecular weight is 390 g/mol. The summed E-state index contributed by atoms with van der Waals surface area (Å²) < 4.78 is 33.1. The van der Waals surface area contributed by atoms with Gasteiger partial charge in [0, 0.05) is 12.2 Å². The maximum absolute atomic E-state index is 12.4.